The number of rotatable bonds is 6. The molecular weight excluding hydrogens is 472 g/mol. The first kappa shape index (κ1) is 24.8. The minimum Gasteiger partial charge on any atom is -0.466 e. The smallest absolute Gasteiger partial charge is 0.310 e. The van der Waals surface area contributed by atoms with Crippen molar-refractivity contribution in [2.45, 2.75) is 39.0 Å². The molecule has 0 aliphatic carbocycles. The van der Waals surface area contributed by atoms with E-state index in [4.69, 9.17) is 4.74 Å². The largest absolute Gasteiger partial charge is 0.466 e. The van der Waals surface area contributed by atoms with Gasteiger partial charge in [0.15, 0.2) is 0 Å². The van der Waals surface area contributed by atoms with Crippen molar-refractivity contribution in [2.24, 2.45) is 5.92 Å². The molecule has 2 aromatic rings. The van der Waals surface area contributed by atoms with E-state index >= 15 is 0 Å². The van der Waals surface area contributed by atoms with Crippen molar-refractivity contribution < 1.29 is 24.0 Å². The monoisotopic (exact) mass is 498 g/mol. The number of aryl methyl sites for hydroxylation is 1. The van der Waals surface area contributed by atoms with Crippen LogP contribution in [0.1, 0.15) is 43.2 Å². The van der Waals surface area contributed by atoms with E-state index in [1.54, 1.807) is 18.7 Å². The lowest BCUT2D eigenvalue weighted by molar-refractivity contribution is -0.385. The van der Waals surface area contributed by atoms with Crippen LogP contribution in [0.25, 0.3) is 0 Å². The van der Waals surface area contributed by atoms with Gasteiger partial charge in [0.2, 0.25) is 17.8 Å². The Morgan fingerprint density at radius 3 is 2.83 bits per heavy atom. The summed E-state index contributed by atoms with van der Waals surface area (Å²) in [5.41, 5.74) is -0.165. The van der Waals surface area contributed by atoms with Crippen LogP contribution >= 0.6 is 0 Å². The van der Waals surface area contributed by atoms with Crippen molar-refractivity contribution in [1.29, 1.82) is 0 Å². The number of aromatic amines is 1. The van der Waals surface area contributed by atoms with Crippen LogP contribution in [0, 0.1) is 23.0 Å². The van der Waals surface area contributed by atoms with Crippen LogP contribution in [-0.2, 0) is 19.1 Å². The maximum atomic E-state index is 13.1. The van der Waals surface area contributed by atoms with Crippen LogP contribution in [0.4, 0.5) is 23.1 Å². The summed E-state index contributed by atoms with van der Waals surface area (Å²) in [6.45, 7) is 4.42. The van der Waals surface area contributed by atoms with Crippen molar-refractivity contribution in [3.63, 3.8) is 0 Å². The molecule has 2 amide bonds. The van der Waals surface area contributed by atoms with Crippen molar-refractivity contribution in [2.75, 3.05) is 35.2 Å². The highest BCUT2D eigenvalue weighted by Crippen LogP contribution is 2.32. The second kappa shape index (κ2) is 10.1. The zero-order valence-corrected chi connectivity index (χ0v) is 19.8. The molecule has 2 unspecified atom stereocenters. The predicted molar refractivity (Wildman–Crippen MR) is 129 cm³/mol. The molecule has 3 N–H and O–H groups in total. The Morgan fingerprint density at radius 1 is 1.33 bits per heavy atom. The Labute approximate surface area is 205 Å². The van der Waals surface area contributed by atoms with E-state index < -0.39 is 28.2 Å². The summed E-state index contributed by atoms with van der Waals surface area (Å²) in [7, 11) is 0. The van der Waals surface area contributed by atoms with Crippen LogP contribution in [0.2, 0.25) is 0 Å². The molecule has 1 aromatic carbocycles. The fraction of sp³-hybridized carbons (Fsp3) is 0.435. The number of hydrogen-bond acceptors (Lipinski definition) is 9. The molecular formula is C23H26N6O7. The van der Waals surface area contributed by atoms with Gasteiger partial charge in [-0.2, -0.15) is 4.98 Å². The minimum absolute atomic E-state index is 0.00332. The molecule has 2 aliphatic rings. The molecule has 4 rings (SSSR count). The molecule has 3 heterocycles. The predicted octanol–water partition coefficient (Wildman–Crippen LogP) is 1.83. The number of piperidine rings is 1. The van der Waals surface area contributed by atoms with Crippen LogP contribution in [-0.4, -0.2) is 52.4 Å². The molecule has 0 radical (unpaired) electrons. The third-order valence-corrected chi connectivity index (χ3v) is 6.27. The van der Waals surface area contributed by atoms with Crippen LogP contribution < -0.4 is 21.1 Å². The van der Waals surface area contributed by atoms with E-state index in [-0.39, 0.29) is 53.6 Å². The Kier molecular flexibility index (Phi) is 6.99. The first-order chi connectivity index (χ1) is 17.2. The van der Waals surface area contributed by atoms with Gasteiger partial charge < -0.3 is 20.3 Å². The van der Waals surface area contributed by atoms with Gasteiger partial charge in [-0.1, -0.05) is 6.07 Å². The van der Waals surface area contributed by atoms with E-state index in [1.165, 1.54) is 18.2 Å². The second-order valence-electron chi connectivity index (χ2n) is 8.74. The normalized spacial score (nSPS) is 19.2. The van der Waals surface area contributed by atoms with Gasteiger partial charge in [-0.05, 0) is 32.8 Å². The summed E-state index contributed by atoms with van der Waals surface area (Å²) in [5, 5.41) is 16.3. The number of ether oxygens (including phenoxy) is 1. The standard InChI is InChI=1S/C23H26N6O7/c1-3-36-22(33)13-5-4-8-28(11-13)23-26-19-18(21(32)27-23)15(10-17(30)25-19)20(31)24-14-7-6-12(2)16(9-14)29(34)35/h6-7,9,13,15H,3-5,8,10-11H2,1-2H3,(H,24,31)(H2,25,26,27,30,32). The number of aromatic nitrogens is 2. The number of nitro benzene ring substituents is 1. The maximum Gasteiger partial charge on any atom is 0.310 e. The van der Waals surface area contributed by atoms with Gasteiger partial charge >= 0.3 is 5.97 Å². The van der Waals surface area contributed by atoms with Crippen molar-refractivity contribution in [3.05, 3.63) is 49.8 Å². The van der Waals surface area contributed by atoms with Gasteiger partial charge in [0.25, 0.3) is 11.2 Å². The molecule has 2 atom stereocenters. The molecule has 0 bridgehead atoms. The van der Waals surface area contributed by atoms with Gasteiger partial charge in [-0.15, -0.1) is 0 Å². The molecule has 1 fully saturated rings. The zero-order valence-electron chi connectivity index (χ0n) is 19.8. The summed E-state index contributed by atoms with van der Waals surface area (Å²) in [5.74, 6) is -2.83. The lowest BCUT2D eigenvalue weighted by atomic mass is 9.92. The van der Waals surface area contributed by atoms with E-state index in [2.05, 4.69) is 20.6 Å². The van der Waals surface area contributed by atoms with Crippen LogP contribution in [0.3, 0.4) is 0 Å². The number of nitro groups is 1. The number of carbonyl (C=O) groups excluding carboxylic acids is 3. The summed E-state index contributed by atoms with van der Waals surface area (Å²) < 4.78 is 5.11. The van der Waals surface area contributed by atoms with E-state index in [0.717, 1.165) is 0 Å². The molecule has 0 saturated carbocycles. The fourth-order valence-corrected chi connectivity index (χ4v) is 4.47. The Morgan fingerprint density at radius 2 is 2.11 bits per heavy atom. The van der Waals surface area contributed by atoms with Crippen LogP contribution in [0.15, 0.2) is 23.0 Å². The van der Waals surface area contributed by atoms with Gasteiger partial charge in [0.05, 0.1) is 28.9 Å². The number of nitrogens with zero attached hydrogens (tertiary/aromatic N) is 3. The average molecular weight is 498 g/mol. The highest BCUT2D eigenvalue weighted by atomic mass is 16.6. The highest BCUT2D eigenvalue weighted by molar-refractivity contribution is 6.04. The number of H-pyrrole nitrogens is 1. The summed E-state index contributed by atoms with van der Waals surface area (Å²) in [6.07, 6.45) is 1.05. The van der Waals surface area contributed by atoms with Crippen molar-refractivity contribution in [3.8, 4) is 0 Å². The maximum absolute atomic E-state index is 13.1. The average Bonchev–Trinajstić information content (AvgIpc) is 2.84. The van der Waals surface area contributed by atoms with Gasteiger partial charge in [0.1, 0.15) is 5.82 Å². The lowest BCUT2D eigenvalue weighted by Crippen LogP contribution is -2.42. The molecule has 0 spiro atoms. The first-order valence-corrected chi connectivity index (χ1v) is 11.6. The molecule has 13 nitrogen and oxygen atoms in total. The number of amides is 2. The molecule has 190 valence electrons. The zero-order chi connectivity index (χ0) is 26.0. The van der Waals surface area contributed by atoms with Crippen molar-refractivity contribution in [1.82, 2.24) is 9.97 Å². The van der Waals surface area contributed by atoms with Crippen LogP contribution in [0.5, 0.6) is 0 Å². The van der Waals surface area contributed by atoms with E-state index in [9.17, 15) is 29.3 Å². The third-order valence-electron chi connectivity index (χ3n) is 6.27. The summed E-state index contributed by atoms with van der Waals surface area (Å²) in [4.78, 5) is 70.2. The molecule has 2 aliphatic heterocycles. The van der Waals surface area contributed by atoms with Crippen molar-refractivity contribution >= 4 is 40.9 Å². The third kappa shape index (κ3) is 5.04. The van der Waals surface area contributed by atoms with Gasteiger partial charge in [-0.25, -0.2) is 0 Å². The SMILES string of the molecule is CCOC(=O)C1CCCN(c2nc3c(c(=O)[nH]2)C(C(=O)Nc2ccc(C)c([N+](=O)[O-])c2)CC(=O)N3)C1. The second-order valence-corrected chi connectivity index (χ2v) is 8.74. The molecule has 1 saturated heterocycles. The Hall–Kier alpha value is -4.29. The van der Waals surface area contributed by atoms with Gasteiger partial charge in [-0.3, -0.25) is 34.3 Å². The minimum atomic E-state index is -1.15. The summed E-state index contributed by atoms with van der Waals surface area (Å²) >= 11 is 0. The first-order valence-electron chi connectivity index (χ1n) is 11.6. The number of fused-ring (bicyclic) bond motifs is 1. The lowest BCUT2D eigenvalue weighted by Gasteiger charge is -2.32. The Balaban J connectivity index is 1.60. The number of hydrogen-bond donors (Lipinski definition) is 3. The number of anilines is 3. The number of esters is 1. The number of benzene rings is 1. The van der Waals surface area contributed by atoms with E-state index in [1.807, 2.05) is 0 Å². The molecule has 13 heteroatoms. The Bertz CT molecular complexity index is 1290. The number of carbonyl (C=O) groups is 3. The molecule has 36 heavy (non-hydrogen) atoms. The summed E-state index contributed by atoms with van der Waals surface area (Å²) in [6, 6.07) is 4.23. The number of nitrogens with one attached hydrogen (secondary N) is 3. The quantitative estimate of drug-likeness (QED) is 0.304. The van der Waals surface area contributed by atoms with E-state index in [0.29, 0.717) is 31.5 Å². The molecule has 1 aromatic heterocycles. The topological polar surface area (TPSA) is 177 Å². The fourth-order valence-electron chi connectivity index (χ4n) is 4.47. The van der Waals surface area contributed by atoms with Gasteiger partial charge in [0, 0.05) is 36.8 Å². The highest BCUT2D eigenvalue weighted by Gasteiger charge is 2.36.